The zero-order chi connectivity index (χ0) is 22.2. The molecule has 0 aromatic heterocycles. The van der Waals surface area contributed by atoms with Gasteiger partial charge >= 0.3 is 6.09 Å². The van der Waals surface area contributed by atoms with Crippen molar-refractivity contribution in [3.63, 3.8) is 0 Å². The van der Waals surface area contributed by atoms with Crippen molar-refractivity contribution in [2.24, 2.45) is 5.92 Å². The van der Waals surface area contributed by atoms with Gasteiger partial charge in [0, 0.05) is 19.3 Å². The molecule has 1 spiro atoms. The van der Waals surface area contributed by atoms with E-state index in [1.54, 1.807) is 7.11 Å². The Labute approximate surface area is 184 Å². The molecule has 1 saturated carbocycles. The molecule has 3 fully saturated rings. The summed E-state index contributed by atoms with van der Waals surface area (Å²) in [7, 11) is 1.68. The molecule has 1 aliphatic carbocycles. The summed E-state index contributed by atoms with van der Waals surface area (Å²) in [6, 6.07) is 7.39. The van der Waals surface area contributed by atoms with Gasteiger partial charge in [-0.1, -0.05) is 23.8 Å². The number of carbonyl (C=O) groups is 1. The predicted octanol–water partition coefficient (Wildman–Crippen LogP) is 3.57. The van der Waals surface area contributed by atoms with E-state index in [0.29, 0.717) is 25.3 Å². The number of nitrogens with one attached hydrogen (secondary N) is 1. The highest BCUT2D eigenvalue weighted by Crippen LogP contribution is 2.59. The van der Waals surface area contributed by atoms with Crippen molar-refractivity contribution in [2.45, 2.75) is 76.1 Å². The zero-order valence-electron chi connectivity index (χ0n) is 18.9. The lowest BCUT2D eigenvalue weighted by atomic mass is 9.68. The van der Waals surface area contributed by atoms with Gasteiger partial charge in [0.15, 0.2) is 0 Å². The number of allylic oxidation sites excluding steroid dienone is 1. The molecule has 2 heterocycles. The average molecular weight is 431 g/mol. The second-order valence-corrected chi connectivity index (χ2v) is 9.42. The highest BCUT2D eigenvalue weighted by molar-refractivity contribution is 5.67. The van der Waals surface area contributed by atoms with Crippen LogP contribution in [0, 0.1) is 5.92 Å². The minimum atomic E-state index is -0.446. The van der Waals surface area contributed by atoms with Crippen LogP contribution in [0.2, 0.25) is 0 Å². The summed E-state index contributed by atoms with van der Waals surface area (Å²) >= 11 is 0. The Balaban J connectivity index is 1.40. The van der Waals surface area contributed by atoms with E-state index in [-0.39, 0.29) is 35.4 Å². The molecule has 1 aromatic rings. The van der Waals surface area contributed by atoms with Crippen molar-refractivity contribution in [1.82, 2.24) is 5.32 Å². The van der Waals surface area contributed by atoms with Crippen LogP contribution in [0.25, 0.3) is 0 Å². The maximum absolute atomic E-state index is 12.5. The van der Waals surface area contributed by atoms with Gasteiger partial charge in [-0.2, -0.15) is 0 Å². The molecule has 31 heavy (non-hydrogen) atoms. The van der Waals surface area contributed by atoms with Crippen LogP contribution in [0.4, 0.5) is 10.5 Å². The normalized spacial score (nSPS) is 36.0. The van der Waals surface area contributed by atoms with Gasteiger partial charge < -0.3 is 30.0 Å². The van der Waals surface area contributed by atoms with Crippen LogP contribution in [-0.2, 0) is 25.5 Å². The lowest BCUT2D eigenvalue weighted by Gasteiger charge is -2.42. The van der Waals surface area contributed by atoms with Gasteiger partial charge in [0.2, 0.25) is 0 Å². The molecule has 0 bridgehead atoms. The fourth-order valence-electron chi connectivity index (χ4n) is 5.06. The van der Waals surface area contributed by atoms with E-state index in [9.17, 15) is 4.79 Å². The lowest BCUT2D eigenvalue weighted by Crippen LogP contribution is -2.56. The quantitative estimate of drug-likeness (QED) is 0.390. The third-order valence-corrected chi connectivity index (χ3v) is 6.91. The number of hydrogen-bond acceptors (Lipinski definition) is 6. The first-order chi connectivity index (χ1) is 14.8. The van der Waals surface area contributed by atoms with Gasteiger partial charge in [0.05, 0.1) is 18.6 Å². The summed E-state index contributed by atoms with van der Waals surface area (Å²) in [6.07, 6.45) is 3.68. The van der Waals surface area contributed by atoms with Crippen molar-refractivity contribution in [1.29, 1.82) is 0 Å². The van der Waals surface area contributed by atoms with Gasteiger partial charge in [-0.15, -0.1) is 0 Å². The van der Waals surface area contributed by atoms with E-state index >= 15 is 0 Å². The summed E-state index contributed by atoms with van der Waals surface area (Å²) < 4.78 is 23.9. The second-order valence-electron chi connectivity index (χ2n) is 9.42. The number of benzene rings is 1. The number of hydrogen-bond donors (Lipinski definition) is 2. The van der Waals surface area contributed by atoms with Crippen LogP contribution in [0.15, 0.2) is 35.9 Å². The van der Waals surface area contributed by atoms with Crippen LogP contribution in [0.5, 0.6) is 0 Å². The van der Waals surface area contributed by atoms with Crippen LogP contribution < -0.4 is 11.1 Å². The second kappa shape index (κ2) is 8.45. The number of amides is 1. The van der Waals surface area contributed by atoms with Crippen molar-refractivity contribution in [3.05, 3.63) is 41.5 Å². The molecular formula is C24H34N2O5. The molecule has 1 amide bonds. The summed E-state index contributed by atoms with van der Waals surface area (Å²) in [5.74, 6) is 0.0178. The molecule has 3 N–H and O–H groups in total. The number of rotatable bonds is 7. The standard InChI is InChI=1S/C24H34N2O5/c1-15(2)5-10-19-23(3,31-19)21-20(28-4)18(11-12-24(21)14-29-24)30-22(27)26-13-16-6-8-17(25)9-7-16/h5-9,18-21H,10-14,25H2,1-4H3,(H,26,27)/t18-,19-,20-,21-,23-,24+/m1/s1. The Morgan fingerprint density at radius 2 is 2.03 bits per heavy atom. The maximum atomic E-state index is 12.5. The number of anilines is 1. The Kier molecular flexibility index (Phi) is 6.03. The first-order valence-corrected chi connectivity index (χ1v) is 11.0. The number of methoxy groups -OCH3 is 1. The van der Waals surface area contributed by atoms with Gasteiger partial charge in [0.25, 0.3) is 0 Å². The highest BCUT2D eigenvalue weighted by Gasteiger charge is 2.72. The molecule has 0 unspecified atom stereocenters. The molecule has 4 rings (SSSR count). The Morgan fingerprint density at radius 3 is 2.65 bits per heavy atom. The third-order valence-electron chi connectivity index (χ3n) is 6.91. The number of carbonyl (C=O) groups excluding carboxylic acids is 1. The summed E-state index contributed by atoms with van der Waals surface area (Å²) in [4.78, 5) is 12.5. The molecule has 6 atom stereocenters. The molecule has 7 nitrogen and oxygen atoms in total. The largest absolute Gasteiger partial charge is 0.443 e. The average Bonchev–Trinajstić information content (AvgIpc) is 3.65. The Morgan fingerprint density at radius 1 is 1.32 bits per heavy atom. The van der Waals surface area contributed by atoms with E-state index in [1.807, 2.05) is 24.3 Å². The maximum Gasteiger partial charge on any atom is 0.407 e. The highest BCUT2D eigenvalue weighted by atomic mass is 16.6. The molecule has 1 aromatic carbocycles. The summed E-state index contributed by atoms with van der Waals surface area (Å²) in [6.45, 7) is 7.42. The molecular weight excluding hydrogens is 396 g/mol. The van der Waals surface area contributed by atoms with E-state index in [2.05, 4.69) is 32.2 Å². The number of alkyl carbamates (subject to hydrolysis) is 1. The van der Waals surface area contributed by atoms with Gasteiger partial charge in [-0.3, -0.25) is 0 Å². The van der Waals surface area contributed by atoms with Crippen LogP contribution in [0.3, 0.4) is 0 Å². The number of ether oxygens (including phenoxy) is 4. The van der Waals surface area contributed by atoms with E-state index in [0.717, 1.165) is 18.4 Å². The van der Waals surface area contributed by atoms with Crippen LogP contribution >= 0.6 is 0 Å². The number of nitrogens with two attached hydrogens (primary N) is 1. The van der Waals surface area contributed by atoms with Crippen molar-refractivity contribution >= 4 is 11.8 Å². The number of epoxide rings is 2. The van der Waals surface area contributed by atoms with Crippen molar-refractivity contribution in [3.8, 4) is 0 Å². The SMILES string of the molecule is CO[C@@H]1[C@H](OC(=O)NCc2ccc(N)cc2)CC[C@]2(CO2)[C@H]1[C@]1(C)O[C@@H]1CC=C(C)C. The van der Waals surface area contributed by atoms with Crippen molar-refractivity contribution in [2.75, 3.05) is 19.5 Å². The molecule has 3 aliphatic rings. The lowest BCUT2D eigenvalue weighted by molar-refractivity contribution is -0.118. The minimum absolute atomic E-state index is 0.0178. The molecule has 2 saturated heterocycles. The predicted molar refractivity (Wildman–Crippen MR) is 117 cm³/mol. The van der Waals surface area contributed by atoms with E-state index in [1.165, 1.54) is 5.57 Å². The van der Waals surface area contributed by atoms with Gasteiger partial charge in [-0.25, -0.2) is 4.79 Å². The summed E-state index contributed by atoms with van der Waals surface area (Å²) in [5, 5.41) is 2.83. The smallest absolute Gasteiger partial charge is 0.407 e. The Hall–Kier alpha value is -2.09. The van der Waals surface area contributed by atoms with Gasteiger partial charge in [-0.05, 0) is 57.7 Å². The van der Waals surface area contributed by atoms with Gasteiger partial charge in [0.1, 0.15) is 23.4 Å². The molecule has 7 heteroatoms. The fraction of sp³-hybridized carbons (Fsp3) is 0.625. The van der Waals surface area contributed by atoms with Crippen LogP contribution in [0.1, 0.15) is 45.6 Å². The monoisotopic (exact) mass is 430 g/mol. The topological polar surface area (TPSA) is 98.6 Å². The minimum Gasteiger partial charge on any atom is -0.443 e. The molecule has 170 valence electrons. The molecule has 2 aliphatic heterocycles. The third kappa shape index (κ3) is 4.59. The molecule has 0 radical (unpaired) electrons. The van der Waals surface area contributed by atoms with Crippen LogP contribution in [-0.4, -0.2) is 49.3 Å². The van der Waals surface area contributed by atoms with E-state index < -0.39 is 6.09 Å². The zero-order valence-corrected chi connectivity index (χ0v) is 18.9. The Bertz CT molecular complexity index is 831. The van der Waals surface area contributed by atoms with E-state index in [4.69, 9.17) is 24.7 Å². The first kappa shape index (κ1) is 22.1. The first-order valence-electron chi connectivity index (χ1n) is 11.0. The fourth-order valence-corrected chi connectivity index (χ4v) is 5.06. The summed E-state index contributed by atoms with van der Waals surface area (Å²) in [5.41, 5.74) is 8.07. The number of nitrogen functional groups attached to an aromatic ring is 1. The van der Waals surface area contributed by atoms with Crippen molar-refractivity contribution < 1.29 is 23.7 Å².